The lowest BCUT2D eigenvalue weighted by atomic mass is 10.2. The average Bonchev–Trinajstić information content (AvgIpc) is 3.12. The van der Waals surface area contributed by atoms with Crippen molar-refractivity contribution in [3.05, 3.63) is 17.3 Å². The van der Waals surface area contributed by atoms with E-state index in [4.69, 9.17) is 20.2 Å². The summed E-state index contributed by atoms with van der Waals surface area (Å²) in [4.78, 5) is 8.05. The first-order chi connectivity index (χ1) is 10.1. The van der Waals surface area contributed by atoms with E-state index in [0.717, 1.165) is 30.3 Å². The molecule has 116 valence electrons. The predicted octanol–water partition coefficient (Wildman–Crippen LogP) is 1.14. The Labute approximate surface area is 128 Å². The largest absolute Gasteiger partial charge is 0.377 e. The summed E-state index contributed by atoms with van der Waals surface area (Å²) < 4.78 is 13.2. The average molecular weight is 310 g/mol. The quantitative estimate of drug-likeness (QED) is 0.897. The molecule has 2 aromatic heterocycles. The number of anilines is 1. The summed E-state index contributed by atoms with van der Waals surface area (Å²) >= 11 is 1.64. The highest BCUT2D eigenvalue weighted by atomic mass is 32.1. The second kappa shape index (κ2) is 5.92. The lowest BCUT2D eigenvalue weighted by molar-refractivity contribution is -0.00461. The number of hydrogen-bond acceptors (Lipinski definition) is 6. The van der Waals surface area contributed by atoms with Crippen LogP contribution >= 0.6 is 11.3 Å². The smallest absolute Gasteiger partial charge is 0.195 e. The Morgan fingerprint density at radius 1 is 1.38 bits per heavy atom. The van der Waals surface area contributed by atoms with Gasteiger partial charge in [0.1, 0.15) is 12.2 Å². The number of nitrogens with two attached hydrogens (primary N) is 1. The third-order valence-electron chi connectivity index (χ3n) is 3.98. The van der Waals surface area contributed by atoms with Crippen LogP contribution in [0.5, 0.6) is 0 Å². The minimum absolute atomic E-state index is 0.0814. The van der Waals surface area contributed by atoms with Crippen LogP contribution in [0.4, 0.5) is 5.82 Å². The molecule has 1 saturated heterocycles. The molecule has 0 amide bonds. The van der Waals surface area contributed by atoms with Crippen molar-refractivity contribution in [1.82, 2.24) is 9.38 Å². The number of aromatic nitrogens is 2. The highest BCUT2D eigenvalue weighted by molar-refractivity contribution is 7.15. The van der Waals surface area contributed by atoms with Gasteiger partial charge < -0.3 is 20.1 Å². The van der Waals surface area contributed by atoms with E-state index < -0.39 is 0 Å². The Kier molecular flexibility index (Phi) is 4.17. The van der Waals surface area contributed by atoms with Gasteiger partial charge in [0.25, 0.3) is 0 Å². The fourth-order valence-corrected chi connectivity index (χ4v) is 3.67. The van der Waals surface area contributed by atoms with E-state index in [0.29, 0.717) is 0 Å². The van der Waals surface area contributed by atoms with E-state index in [1.165, 1.54) is 5.69 Å². The number of ether oxygens (including phenoxy) is 2. The van der Waals surface area contributed by atoms with Crippen LogP contribution in [0.3, 0.4) is 0 Å². The van der Waals surface area contributed by atoms with Gasteiger partial charge in [-0.15, -0.1) is 11.3 Å². The van der Waals surface area contributed by atoms with E-state index in [2.05, 4.69) is 20.9 Å². The van der Waals surface area contributed by atoms with Crippen LogP contribution in [0, 0.1) is 0 Å². The molecular formula is C14H22N4O2S. The molecular weight excluding hydrogens is 288 g/mol. The van der Waals surface area contributed by atoms with E-state index in [9.17, 15) is 0 Å². The molecule has 0 saturated carbocycles. The maximum Gasteiger partial charge on any atom is 0.195 e. The number of nitrogens with zero attached hydrogens (tertiary/aromatic N) is 3. The molecule has 1 aliphatic rings. The molecule has 2 N–H and O–H groups in total. The Bertz CT molecular complexity index is 597. The van der Waals surface area contributed by atoms with Crippen LogP contribution in [-0.2, 0) is 15.9 Å². The Hall–Kier alpha value is -1.15. The lowest BCUT2D eigenvalue weighted by Gasteiger charge is -2.18. The van der Waals surface area contributed by atoms with Crippen molar-refractivity contribution in [2.24, 2.45) is 5.73 Å². The molecule has 3 atom stereocenters. The third-order valence-corrected chi connectivity index (χ3v) is 4.73. The van der Waals surface area contributed by atoms with Gasteiger partial charge in [0.05, 0.1) is 5.69 Å². The van der Waals surface area contributed by atoms with Gasteiger partial charge in [-0.2, -0.15) is 0 Å². The molecule has 1 aliphatic heterocycles. The van der Waals surface area contributed by atoms with Crippen LogP contribution in [0.2, 0.25) is 0 Å². The van der Waals surface area contributed by atoms with Gasteiger partial charge in [-0.3, -0.25) is 4.40 Å². The van der Waals surface area contributed by atoms with Gasteiger partial charge in [-0.05, 0) is 6.92 Å². The third kappa shape index (κ3) is 2.66. The van der Waals surface area contributed by atoms with Crippen molar-refractivity contribution in [3.8, 4) is 0 Å². The standard InChI is InChI=1S/C14H22N4O2S/c1-9(15)6-10-13(16-14-18(10)4-5-21-14)17-7-11(19-2)12(8-17)20-3/h4-5,9,11-12H,6-8,15H2,1-3H3. The fraction of sp³-hybridized carbons (Fsp3) is 0.643. The van der Waals surface area contributed by atoms with Crippen LogP contribution in [0.25, 0.3) is 4.96 Å². The number of fused-ring (bicyclic) bond motifs is 1. The van der Waals surface area contributed by atoms with Crippen molar-refractivity contribution in [1.29, 1.82) is 0 Å². The summed E-state index contributed by atoms with van der Waals surface area (Å²) in [6, 6.07) is 0.0996. The van der Waals surface area contributed by atoms with Crippen molar-refractivity contribution < 1.29 is 9.47 Å². The zero-order valence-electron chi connectivity index (χ0n) is 12.7. The van der Waals surface area contributed by atoms with Gasteiger partial charge in [-0.25, -0.2) is 4.98 Å². The number of imidazole rings is 1. The molecule has 0 aliphatic carbocycles. The second-order valence-electron chi connectivity index (χ2n) is 5.57. The van der Waals surface area contributed by atoms with Crippen molar-refractivity contribution in [3.63, 3.8) is 0 Å². The van der Waals surface area contributed by atoms with Gasteiger partial charge in [0, 0.05) is 51.3 Å². The lowest BCUT2D eigenvalue weighted by Crippen LogP contribution is -2.27. The summed E-state index contributed by atoms with van der Waals surface area (Å²) in [7, 11) is 3.46. The molecule has 6 nitrogen and oxygen atoms in total. The maximum absolute atomic E-state index is 6.01. The summed E-state index contributed by atoms with van der Waals surface area (Å²) in [5.74, 6) is 1.01. The molecule has 3 unspecified atom stereocenters. The molecule has 3 heterocycles. The molecule has 0 radical (unpaired) electrons. The molecule has 7 heteroatoms. The number of rotatable bonds is 5. The monoisotopic (exact) mass is 310 g/mol. The van der Waals surface area contributed by atoms with Crippen LogP contribution in [0.1, 0.15) is 12.6 Å². The van der Waals surface area contributed by atoms with Gasteiger partial charge in [0.2, 0.25) is 0 Å². The number of hydrogen-bond donors (Lipinski definition) is 1. The second-order valence-corrected chi connectivity index (χ2v) is 6.45. The van der Waals surface area contributed by atoms with E-state index in [-0.39, 0.29) is 18.2 Å². The minimum atomic E-state index is 0.0814. The van der Waals surface area contributed by atoms with Crippen LogP contribution < -0.4 is 10.6 Å². The predicted molar refractivity (Wildman–Crippen MR) is 84.2 cm³/mol. The van der Waals surface area contributed by atoms with Gasteiger partial charge >= 0.3 is 0 Å². The van der Waals surface area contributed by atoms with E-state index in [1.54, 1.807) is 25.6 Å². The van der Waals surface area contributed by atoms with Crippen molar-refractivity contribution in [2.45, 2.75) is 31.6 Å². The number of thiazole rings is 1. The first-order valence-electron chi connectivity index (χ1n) is 7.14. The Morgan fingerprint density at radius 3 is 2.62 bits per heavy atom. The number of methoxy groups -OCH3 is 2. The van der Waals surface area contributed by atoms with Gasteiger partial charge in [-0.1, -0.05) is 0 Å². The van der Waals surface area contributed by atoms with E-state index >= 15 is 0 Å². The topological polar surface area (TPSA) is 65.0 Å². The summed E-state index contributed by atoms with van der Waals surface area (Å²) in [6.45, 7) is 3.62. The van der Waals surface area contributed by atoms with Gasteiger partial charge in [0.15, 0.2) is 10.8 Å². The Balaban J connectivity index is 1.94. The zero-order chi connectivity index (χ0) is 15.0. The van der Waals surface area contributed by atoms with Crippen molar-refractivity contribution >= 4 is 22.1 Å². The highest BCUT2D eigenvalue weighted by Crippen LogP contribution is 2.29. The molecule has 2 aromatic rings. The van der Waals surface area contributed by atoms with E-state index in [1.807, 2.05) is 6.92 Å². The SMILES string of the molecule is COC1CN(c2nc3sccn3c2CC(C)N)CC1OC. The molecule has 0 spiro atoms. The first kappa shape index (κ1) is 14.8. The molecule has 0 aromatic carbocycles. The molecule has 3 rings (SSSR count). The fourth-order valence-electron chi connectivity index (χ4n) is 2.94. The summed E-state index contributed by atoms with van der Waals surface area (Å²) in [6.07, 6.45) is 3.03. The normalized spacial score (nSPS) is 24.1. The molecule has 0 bridgehead atoms. The molecule has 21 heavy (non-hydrogen) atoms. The van der Waals surface area contributed by atoms with Crippen LogP contribution in [0.15, 0.2) is 11.6 Å². The Morgan fingerprint density at radius 2 is 2.05 bits per heavy atom. The minimum Gasteiger partial charge on any atom is -0.377 e. The zero-order valence-corrected chi connectivity index (χ0v) is 13.5. The van der Waals surface area contributed by atoms with Crippen LogP contribution in [-0.4, -0.2) is 54.9 Å². The highest BCUT2D eigenvalue weighted by Gasteiger charge is 2.35. The first-order valence-corrected chi connectivity index (χ1v) is 8.02. The summed E-state index contributed by atoms with van der Waals surface area (Å²) in [5, 5.41) is 2.05. The summed E-state index contributed by atoms with van der Waals surface area (Å²) in [5.41, 5.74) is 7.19. The molecule has 1 fully saturated rings. The maximum atomic E-state index is 6.01. The van der Waals surface area contributed by atoms with Crippen molar-refractivity contribution in [2.75, 3.05) is 32.2 Å².